The highest BCUT2D eigenvalue weighted by Crippen LogP contribution is 2.24. The third-order valence-electron chi connectivity index (χ3n) is 5.72. The molecule has 0 saturated carbocycles. The van der Waals surface area contributed by atoms with Crippen molar-refractivity contribution in [1.29, 1.82) is 0 Å². The molecule has 0 aliphatic carbocycles. The molecule has 0 unspecified atom stereocenters. The van der Waals surface area contributed by atoms with Crippen LogP contribution in [-0.4, -0.2) is 10.5 Å². The van der Waals surface area contributed by atoms with Gasteiger partial charge >= 0.3 is 0 Å². The normalized spacial score (nSPS) is 11.1. The fourth-order valence-electron chi connectivity index (χ4n) is 3.99. The molecule has 4 heteroatoms. The van der Waals surface area contributed by atoms with Crippen LogP contribution in [0.15, 0.2) is 72.9 Å². The summed E-state index contributed by atoms with van der Waals surface area (Å²) in [5, 5.41) is 4.90. The summed E-state index contributed by atoms with van der Waals surface area (Å²) in [4.78, 5) is 12.4. The molecule has 0 radical (unpaired) electrons. The van der Waals surface area contributed by atoms with Gasteiger partial charge in [-0.15, -0.1) is 0 Å². The summed E-state index contributed by atoms with van der Waals surface area (Å²) >= 11 is 6.02. The van der Waals surface area contributed by atoms with Crippen molar-refractivity contribution in [2.24, 2.45) is 0 Å². The number of para-hydroxylation sites is 1. The number of carbonyl (C=O) groups excluding carboxylic acids is 1. The monoisotopic (exact) mass is 430 g/mol. The lowest BCUT2D eigenvalue weighted by atomic mass is 10.1. The van der Waals surface area contributed by atoms with Crippen LogP contribution in [0.5, 0.6) is 0 Å². The molecular formula is C27H27ClN2O. The third-order valence-corrected chi connectivity index (χ3v) is 5.95. The summed E-state index contributed by atoms with van der Waals surface area (Å²) in [7, 11) is 0. The summed E-state index contributed by atoms with van der Waals surface area (Å²) in [6.45, 7) is 5.61. The molecule has 1 N–H and O–H groups in total. The zero-order valence-electron chi connectivity index (χ0n) is 18.0. The molecule has 3 nitrogen and oxygen atoms in total. The van der Waals surface area contributed by atoms with Crippen molar-refractivity contribution >= 4 is 28.4 Å². The van der Waals surface area contributed by atoms with E-state index in [4.69, 9.17) is 11.6 Å². The number of aromatic nitrogens is 1. The van der Waals surface area contributed by atoms with E-state index in [1.165, 1.54) is 33.2 Å². The molecule has 31 heavy (non-hydrogen) atoms. The zero-order chi connectivity index (χ0) is 21.8. The topological polar surface area (TPSA) is 34.0 Å². The van der Waals surface area contributed by atoms with Gasteiger partial charge in [0.05, 0.1) is 0 Å². The largest absolute Gasteiger partial charge is 0.352 e. The molecule has 4 aromatic rings. The minimum absolute atomic E-state index is 0.0475. The molecule has 1 aromatic heterocycles. The quantitative estimate of drug-likeness (QED) is 0.371. The van der Waals surface area contributed by atoms with Gasteiger partial charge in [0.25, 0.3) is 0 Å². The lowest BCUT2D eigenvalue weighted by Gasteiger charge is -2.10. The Kier molecular flexibility index (Phi) is 6.43. The number of hydrogen-bond donors (Lipinski definition) is 1. The lowest BCUT2D eigenvalue weighted by Crippen LogP contribution is -2.22. The number of aryl methyl sites for hydroxylation is 3. The summed E-state index contributed by atoms with van der Waals surface area (Å²) in [5.74, 6) is 0.0475. The number of nitrogens with zero attached hydrogens (tertiary/aromatic N) is 1. The summed E-state index contributed by atoms with van der Waals surface area (Å²) in [6, 6.07) is 22.6. The highest BCUT2D eigenvalue weighted by Gasteiger charge is 2.11. The third kappa shape index (κ3) is 5.18. The summed E-state index contributed by atoms with van der Waals surface area (Å²) < 4.78 is 2.30. The Hall–Kier alpha value is -3.04. The Balaban J connectivity index is 1.46. The van der Waals surface area contributed by atoms with Crippen molar-refractivity contribution in [2.45, 2.75) is 39.8 Å². The molecule has 3 aromatic carbocycles. The van der Waals surface area contributed by atoms with E-state index in [0.717, 1.165) is 12.1 Å². The average molecular weight is 431 g/mol. The lowest BCUT2D eigenvalue weighted by molar-refractivity contribution is -0.121. The van der Waals surface area contributed by atoms with Gasteiger partial charge < -0.3 is 9.88 Å². The van der Waals surface area contributed by atoms with Crippen LogP contribution in [0, 0.1) is 13.8 Å². The number of benzene rings is 3. The van der Waals surface area contributed by atoms with Gasteiger partial charge in [-0.25, -0.2) is 0 Å². The van der Waals surface area contributed by atoms with Crippen molar-refractivity contribution in [3.05, 3.63) is 106 Å². The van der Waals surface area contributed by atoms with E-state index in [9.17, 15) is 4.79 Å². The van der Waals surface area contributed by atoms with E-state index >= 15 is 0 Å². The van der Waals surface area contributed by atoms with Crippen LogP contribution in [0.2, 0.25) is 5.02 Å². The predicted octanol–water partition coefficient (Wildman–Crippen LogP) is 6.21. The Morgan fingerprint density at radius 2 is 1.81 bits per heavy atom. The van der Waals surface area contributed by atoms with Crippen molar-refractivity contribution in [1.82, 2.24) is 9.88 Å². The molecule has 0 spiro atoms. The minimum Gasteiger partial charge on any atom is -0.352 e. The highest BCUT2D eigenvalue weighted by atomic mass is 35.5. The maximum atomic E-state index is 12.4. The summed E-state index contributed by atoms with van der Waals surface area (Å²) in [6.07, 6.45) is 3.37. The SMILES string of the molecule is Cc1ccc(C)c(Cn2cc(CCC(=O)NCc3cccc(Cl)c3)c3ccccc32)c1. The van der Waals surface area contributed by atoms with E-state index in [1.807, 2.05) is 24.3 Å². The second-order valence-electron chi connectivity index (χ2n) is 8.14. The van der Waals surface area contributed by atoms with Gasteiger partial charge in [-0.2, -0.15) is 0 Å². The smallest absolute Gasteiger partial charge is 0.220 e. The van der Waals surface area contributed by atoms with Gasteiger partial charge in [0, 0.05) is 41.6 Å². The number of nitrogens with one attached hydrogen (secondary N) is 1. The van der Waals surface area contributed by atoms with E-state index in [0.29, 0.717) is 24.4 Å². The number of hydrogen-bond acceptors (Lipinski definition) is 1. The molecule has 0 atom stereocenters. The fourth-order valence-corrected chi connectivity index (χ4v) is 4.20. The Morgan fingerprint density at radius 1 is 0.968 bits per heavy atom. The summed E-state index contributed by atoms with van der Waals surface area (Å²) in [5.41, 5.74) is 7.31. The molecule has 0 fully saturated rings. The van der Waals surface area contributed by atoms with Crippen molar-refractivity contribution in [2.75, 3.05) is 0 Å². The van der Waals surface area contributed by atoms with Crippen LogP contribution in [0.4, 0.5) is 0 Å². The fraction of sp³-hybridized carbons (Fsp3) is 0.222. The van der Waals surface area contributed by atoms with Crippen molar-refractivity contribution in [3.8, 4) is 0 Å². The molecule has 0 aliphatic rings. The van der Waals surface area contributed by atoms with E-state index in [2.05, 4.69) is 72.4 Å². The Labute approximate surface area is 188 Å². The molecule has 0 saturated heterocycles. The average Bonchev–Trinajstić information content (AvgIpc) is 3.11. The van der Waals surface area contributed by atoms with Crippen LogP contribution < -0.4 is 5.32 Å². The Morgan fingerprint density at radius 3 is 2.65 bits per heavy atom. The molecule has 158 valence electrons. The first-order valence-electron chi connectivity index (χ1n) is 10.6. The molecule has 1 heterocycles. The predicted molar refractivity (Wildman–Crippen MR) is 129 cm³/mol. The van der Waals surface area contributed by atoms with Gasteiger partial charge in [-0.1, -0.05) is 65.7 Å². The standard InChI is InChI=1S/C27H27ClN2O/c1-19-10-11-20(2)23(14-19)18-30-17-22(25-8-3-4-9-26(25)30)12-13-27(31)29-16-21-6-5-7-24(28)15-21/h3-11,14-15,17H,12-13,16,18H2,1-2H3,(H,29,31). The van der Waals surface area contributed by atoms with Gasteiger partial charge in [0.2, 0.25) is 5.91 Å². The second-order valence-corrected chi connectivity index (χ2v) is 8.57. The first-order chi connectivity index (χ1) is 15.0. The van der Waals surface area contributed by atoms with Gasteiger partial charge in [-0.05, 0) is 60.7 Å². The van der Waals surface area contributed by atoms with Gasteiger partial charge in [0.1, 0.15) is 0 Å². The van der Waals surface area contributed by atoms with E-state index in [1.54, 1.807) is 0 Å². The number of rotatable bonds is 7. The van der Waals surface area contributed by atoms with Crippen LogP contribution in [0.25, 0.3) is 10.9 Å². The van der Waals surface area contributed by atoms with Crippen molar-refractivity contribution in [3.63, 3.8) is 0 Å². The van der Waals surface area contributed by atoms with E-state index in [-0.39, 0.29) is 5.91 Å². The number of carbonyl (C=O) groups is 1. The Bertz CT molecular complexity index is 1230. The molecule has 0 bridgehead atoms. The second kappa shape index (κ2) is 9.40. The highest BCUT2D eigenvalue weighted by molar-refractivity contribution is 6.30. The molecule has 0 aliphatic heterocycles. The number of halogens is 1. The zero-order valence-corrected chi connectivity index (χ0v) is 18.7. The molecule has 4 rings (SSSR count). The maximum absolute atomic E-state index is 12.4. The maximum Gasteiger partial charge on any atom is 0.220 e. The van der Waals surface area contributed by atoms with Crippen LogP contribution in [0.1, 0.15) is 34.2 Å². The number of fused-ring (bicyclic) bond motifs is 1. The van der Waals surface area contributed by atoms with Crippen LogP contribution >= 0.6 is 11.6 Å². The first kappa shape index (κ1) is 21.2. The van der Waals surface area contributed by atoms with Crippen LogP contribution in [0.3, 0.4) is 0 Å². The van der Waals surface area contributed by atoms with Gasteiger partial charge in [-0.3, -0.25) is 4.79 Å². The van der Waals surface area contributed by atoms with Crippen molar-refractivity contribution < 1.29 is 4.79 Å². The van der Waals surface area contributed by atoms with Crippen LogP contribution in [-0.2, 0) is 24.3 Å². The van der Waals surface area contributed by atoms with Gasteiger partial charge in [0.15, 0.2) is 0 Å². The number of amides is 1. The molecule has 1 amide bonds. The first-order valence-corrected chi connectivity index (χ1v) is 11.0. The molecular weight excluding hydrogens is 404 g/mol. The minimum atomic E-state index is 0.0475. The van der Waals surface area contributed by atoms with E-state index < -0.39 is 0 Å².